The SMILES string of the molecule is CC(=O)OC(C)(C)CCCN1CC2COCCN2c2nc(-c3cccc4[nH]ccc34)ncc21. The Morgan fingerprint density at radius 1 is 1.33 bits per heavy atom. The number of H-pyrrole nitrogens is 1. The van der Waals surface area contributed by atoms with Gasteiger partial charge in [-0.15, -0.1) is 0 Å². The first-order valence-corrected chi connectivity index (χ1v) is 11.6. The molecule has 1 unspecified atom stereocenters. The molecule has 2 aliphatic heterocycles. The van der Waals surface area contributed by atoms with Gasteiger partial charge in [0.1, 0.15) is 5.60 Å². The number of aromatic amines is 1. The van der Waals surface area contributed by atoms with E-state index in [0.717, 1.165) is 66.3 Å². The molecule has 33 heavy (non-hydrogen) atoms. The third-order valence-electron chi connectivity index (χ3n) is 6.48. The van der Waals surface area contributed by atoms with Gasteiger partial charge in [0, 0.05) is 49.2 Å². The molecule has 1 N–H and O–H groups in total. The largest absolute Gasteiger partial charge is 0.460 e. The van der Waals surface area contributed by atoms with Crippen LogP contribution in [0.3, 0.4) is 0 Å². The van der Waals surface area contributed by atoms with E-state index >= 15 is 0 Å². The number of aromatic nitrogens is 3. The highest BCUT2D eigenvalue weighted by Gasteiger charge is 2.35. The van der Waals surface area contributed by atoms with E-state index in [2.05, 4.69) is 33.0 Å². The molecule has 8 heteroatoms. The van der Waals surface area contributed by atoms with Gasteiger partial charge in [0.25, 0.3) is 0 Å². The lowest BCUT2D eigenvalue weighted by Gasteiger charge is -2.45. The topological polar surface area (TPSA) is 83.6 Å². The van der Waals surface area contributed by atoms with Crippen molar-refractivity contribution < 1.29 is 14.3 Å². The Bertz CT molecular complexity index is 1160. The predicted octanol–water partition coefficient (Wildman–Crippen LogP) is 3.77. The van der Waals surface area contributed by atoms with Crippen LogP contribution in [0.2, 0.25) is 0 Å². The minimum atomic E-state index is -0.472. The van der Waals surface area contributed by atoms with Crippen molar-refractivity contribution in [3.63, 3.8) is 0 Å². The fourth-order valence-corrected chi connectivity index (χ4v) is 5.00. The van der Waals surface area contributed by atoms with Crippen LogP contribution in [0.5, 0.6) is 0 Å². The molecule has 8 nitrogen and oxygen atoms in total. The van der Waals surface area contributed by atoms with Crippen molar-refractivity contribution in [2.75, 3.05) is 42.6 Å². The lowest BCUT2D eigenvalue weighted by Crippen LogP contribution is -2.55. The summed E-state index contributed by atoms with van der Waals surface area (Å²) in [4.78, 5) is 29.3. The van der Waals surface area contributed by atoms with Crippen LogP contribution in [0.25, 0.3) is 22.3 Å². The molecule has 0 spiro atoms. The number of carbonyl (C=O) groups excluding carboxylic acids is 1. The summed E-state index contributed by atoms with van der Waals surface area (Å²) in [6, 6.07) is 8.51. The third-order valence-corrected chi connectivity index (χ3v) is 6.48. The summed E-state index contributed by atoms with van der Waals surface area (Å²) >= 11 is 0. The molecular formula is C25H31N5O3. The number of ether oxygens (including phenoxy) is 2. The number of esters is 1. The van der Waals surface area contributed by atoms with Gasteiger partial charge in [-0.3, -0.25) is 4.79 Å². The van der Waals surface area contributed by atoms with Gasteiger partial charge in [-0.05, 0) is 38.8 Å². The van der Waals surface area contributed by atoms with E-state index in [-0.39, 0.29) is 12.0 Å². The fraction of sp³-hybridized carbons (Fsp3) is 0.480. The molecule has 2 aliphatic rings. The van der Waals surface area contributed by atoms with E-state index in [0.29, 0.717) is 13.2 Å². The molecule has 4 heterocycles. The zero-order valence-corrected chi connectivity index (χ0v) is 19.5. The molecule has 0 radical (unpaired) electrons. The van der Waals surface area contributed by atoms with Crippen LogP contribution in [0.15, 0.2) is 36.7 Å². The highest BCUT2D eigenvalue weighted by molar-refractivity contribution is 5.93. The highest BCUT2D eigenvalue weighted by atomic mass is 16.6. The molecule has 0 amide bonds. The van der Waals surface area contributed by atoms with Crippen LogP contribution in [-0.2, 0) is 14.3 Å². The minimum Gasteiger partial charge on any atom is -0.460 e. The molecule has 1 saturated heterocycles. The van der Waals surface area contributed by atoms with Gasteiger partial charge in [0.05, 0.1) is 31.1 Å². The van der Waals surface area contributed by atoms with Crippen LogP contribution >= 0.6 is 0 Å². The summed E-state index contributed by atoms with van der Waals surface area (Å²) in [6.45, 7) is 9.34. The number of nitrogens with zero attached hydrogens (tertiary/aromatic N) is 4. The number of carbonyl (C=O) groups is 1. The van der Waals surface area contributed by atoms with E-state index in [4.69, 9.17) is 19.4 Å². The summed E-state index contributed by atoms with van der Waals surface area (Å²) < 4.78 is 11.3. The smallest absolute Gasteiger partial charge is 0.303 e. The Kier molecular flexibility index (Phi) is 5.70. The highest BCUT2D eigenvalue weighted by Crippen LogP contribution is 2.37. The Hall–Kier alpha value is -3.13. The van der Waals surface area contributed by atoms with E-state index < -0.39 is 5.60 Å². The molecule has 1 atom stereocenters. The first-order valence-electron chi connectivity index (χ1n) is 11.6. The lowest BCUT2D eigenvalue weighted by atomic mass is 10.0. The number of fused-ring (bicyclic) bond motifs is 4. The van der Waals surface area contributed by atoms with Crippen LogP contribution in [0, 0.1) is 0 Å². The number of hydrogen-bond acceptors (Lipinski definition) is 7. The number of morpholine rings is 1. The molecule has 3 aromatic rings. The molecule has 0 bridgehead atoms. The minimum absolute atomic E-state index is 0.239. The number of anilines is 2. The zero-order valence-electron chi connectivity index (χ0n) is 19.5. The molecular weight excluding hydrogens is 418 g/mol. The van der Waals surface area contributed by atoms with Crippen molar-refractivity contribution in [2.24, 2.45) is 0 Å². The maximum Gasteiger partial charge on any atom is 0.303 e. The maximum absolute atomic E-state index is 11.4. The Balaban J connectivity index is 1.43. The number of benzene rings is 1. The third kappa shape index (κ3) is 4.39. The summed E-state index contributed by atoms with van der Waals surface area (Å²) in [6.07, 6.45) is 5.60. The van der Waals surface area contributed by atoms with E-state index in [1.54, 1.807) is 0 Å². The van der Waals surface area contributed by atoms with Crippen molar-refractivity contribution in [2.45, 2.75) is 45.3 Å². The van der Waals surface area contributed by atoms with Crippen LogP contribution in [0.1, 0.15) is 33.6 Å². The predicted molar refractivity (Wildman–Crippen MR) is 129 cm³/mol. The second kappa shape index (κ2) is 8.67. The molecule has 174 valence electrons. The van der Waals surface area contributed by atoms with E-state index in [1.807, 2.05) is 32.3 Å². The zero-order chi connectivity index (χ0) is 23.0. The molecule has 1 fully saturated rings. The van der Waals surface area contributed by atoms with Crippen LogP contribution in [-0.4, -0.2) is 65.4 Å². The van der Waals surface area contributed by atoms with Gasteiger partial charge in [-0.1, -0.05) is 12.1 Å². The van der Waals surface area contributed by atoms with Gasteiger partial charge in [0.2, 0.25) is 0 Å². The quantitative estimate of drug-likeness (QED) is 0.574. The first kappa shape index (κ1) is 21.7. The van der Waals surface area contributed by atoms with Crippen LogP contribution in [0.4, 0.5) is 11.5 Å². The van der Waals surface area contributed by atoms with Gasteiger partial charge >= 0.3 is 5.97 Å². The lowest BCUT2D eigenvalue weighted by molar-refractivity contribution is -0.154. The molecule has 1 aromatic carbocycles. The van der Waals surface area contributed by atoms with Crippen LogP contribution < -0.4 is 9.80 Å². The Morgan fingerprint density at radius 2 is 2.21 bits per heavy atom. The van der Waals surface area contributed by atoms with Crippen molar-refractivity contribution in [1.29, 1.82) is 0 Å². The summed E-state index contributed by atoms with van der Waals surface area (Å²) in [5.41, 5.74) is 2.69. The monoisotopic (exact) mass is 449 g/mol. The number of rotatable bonds is 6. The van der Waals surface area contributed by atoms with Crippen molar-refractivity contribution in [1.82, 2.24) is 15.0 Å². The second-order valence-electron chi connectivity index (χ2n) is 9.47. The molecule has 0 aliphatic carbocycles. The average Bonchev–Trinajstić information content (AvgIpc) is 3.27. The van der Waals surface area contributed by atoms with Gasteiger partial charge in [0.15, 0.2) is 11.6 Å². The van der Waals surface area contributed by atoms with Crippen molar-refractivity contribution in [3.8, 4) is 11.4 Å². The first-order chi connectivity index (χ1) is 15.9. The second-order valence-corrected chi connectivity index (χ2v) is 9.47. The van der Waals surface area contributed by atoms with Gasteiger partial charge < -0.3 is 24.3 Å². The van der Waals surface area contributed by atoms with E-state index in [1.165, 1.54) is 6.92 Å². The van der Waals surface area contributed by atoms with Gasteiger partial charge in [-0.25, -0.2) is 9.97 Å². The Morgan fingerprint density at radius 3 is 3.06 bits per heavy atom. The molecule has 0 saturated carbocycles. The molecule has 2 aromatic heterocycles. The fourth-order valence-electron chi connectivity index (χ4n) is 5.00. The van der Waals surface area contributed by atoms with E-state index in [9.17, 15) is 4.79 Å². The maximum atomic E-state index is 11.4. The number of nitrogens with one attached hydrogen (secondary N) is 1. The standard InChI is InChI=1S/C25H31N5O3/c1-17(31)33-25(2,3)9-5-11-29-15-18-16-32-13-12-30(18)24-22(29)14-27-23(28-24)20-6-4-7-21-19(20)8-10-26-21/h4,6-8,10,14,18,26H,5,9,11-13,15-16H2,1-3H3. The van der Waals surface area contributed by atoms with Crippen molar-refractivity contribution >= 4 is 28.4 Å². The molecule has 5 rings (SSSR count). The summed E-state index contributed by atoms with van der Waals surface area (Å²) in [7, 11) is 0. The summed E-state index contributed by atoms with van der Waals surface area (Å²) in [5.74, 6) is 1.48. The summed E-state index contributed by atoms with van der Waals surface area (Å²) in [5, 5.41) is 1.12. The normalized spacial score (nSPS) is 18.2. The Labute approximate surface area is 193 Å². The van der Waals surface area contributed by atoms with Crippen molar-refractivity contribution in [3.05, 3.63) is 36.7 Å². The number of hydrogen-bond donors (Lipinski definition) is 1. The van der Waals surface area contributed by atoms with Gasteiger partial charge in [-0.2, -0.15) is 0 Å². The average molecular weight is 450 g/mol.